The average molecular weight is 380 g/mol. The Morgan fingerprint density at radius 3 is 2.04 bits per heavy atom. The molecule has 2 rings (SSSR count). The van der Waals surface area contributed by atoms with Crippen LogP contribution in [-0.2, 0) is 20.5 Å². The number of amides is 2. The lowest BCUT2D eigenvalue weighted by Gasteiger charge is -2.12. The van der Waals surface area contributed by atoms with Crippen molar-refractivity contribution in [3.8, 4) is 0 Å². The molecule has 0 heterocycles. The number of hydrogen-bond donors (Lipinski definition) is 2. The summed E-state index contributed by atoms with van der Waals surface area (Å²) in [6.45, 7) is 0.597. The van der Waals surface area contributed by atoms with Crippen LogP contribution in [-0.4, -0.2) is 24.4 Å². The Labute approximate surface area is 152 Å². The van der Waals surface area contributed by atoms with Crippen molar-refractivity contribution in [3.05, 3.63) is 59.7 Å². The number of alkyl halides is 3. The van der Waals surface area contributed by atoms with Crippen molar-refractivity contribution in [1.82, 2.24) is 0 Å². The summed E-state index contributed by atoms with van der Waals surface area (Å²) in [4.78, 5) is 34.6. The molecule has 0 aliphatic rings. The topological polar surface area (TPSA) is 84.5 Å². The zero-order valence-corrected chi connectivity index (χ0v) is 14.1. The Balaban J connectivity index is 1.94. The van der Waals surface area contributed by atoms with Crippen molar-refractivity contribution in [3.63, 3.8) is 0 Å². The van der Waals surface area contributed by atoms with E-state index in [1.807, 2.05) is 0 Å². The molecule has 0 unspecified atom stereocenters. The summed E-state index contributed by atoms with van der Waals surface area (Å²) >= 11 is 0. The lowest BCUT2D eigenvalue weighted by Crippen LogP contribution is -2.22. The molecule has 2 aromatic carbocycles. The number of nitrogens with one attached hydrogen (secondary N) is 2. The standard InChI is InChI=1S/C18H15F3N2O4/c1-11(24)22-12-6-8-13(9-7-12)23-16(25)10-27-17(26)14-4-2-3-5-15(14)18(19,20)21/h2-9H,10H2,1H3,(H,22,24)(H,23,25). The molecule has 0 atom stereocenters. The van der Waals surface area contributed by atoms with Gasteiger partial charge in [0, 0.05) is 18.3 Å². The van der Waals surface area contributed by atoms with E-state index in [1.54, 1.807) is 12.1 Å². The number of carbonyl (C=O) groups excluding carboxylic acids is 3. The third-order valence-electron chi connectivity index (χ3n) is 3.28. The number of carbonyl (C=O) groups is 3. The van der Waals surface area contributed by atoms with Crippen molar-refractivity contribution >= 4 is 29.2 Å². The van der Waals surface area contributed by atoms with Gasteiger partial charge < -0.3 is 15.4 Å². The van der Waals surface area contributed by atoms with Gasteiger partial charge in [0.05, 0.1) is 11.1 Å². The third kappa shape index (κ3) is 5.84. The van der Waals surface area contributed by atoms with E-state index in [4.69, 9.17) is 0 Å². The number of rotatable bonds is 5. The van der Waals surface area contributed by atoms with E-state index in [2.05, 4.69) is 15.4 Å². The highest BCUT2D eigenvalue weighted by atomic mass is 19.4. The van der Waals surface area contributed by atoms with Crippen molar-refractivity contribution in [2.24, 2.45) is 0 Å². The molecular formula is C18H15F3N2O4. The summed E-state index contributed by atoms with van der Waals surface area (Å²) in [5.41, 5.74) is -0.919. The fourth-order valence-corrected chi connectivity index (χ4v) is 2.15. The SMILES string of the molecule is CC(=O)Nc1ccc(NC(=O)COC(=O)c2ccccc2C(F)(F)F)cc1. The van der Waals surface area contributed by atoms with Crippen LogP contribution < -0.4 is 10.6 Å². The molecule has 0 fully saturated rings. The molecule has 0 saturated heterocycles. The first kappa shape index (κ1) is 20.0. The Morgan fingerprint density at radius 1 is 0.926 bits per heavy atom. The first-order valence-electron chi connectivity index (χ1n) is 7.67. The van der Waals surface area contributed by atoms with Crippen molar-refractivity contribution in [1.29, 1.82) is 0 Å². The zero-order valence-electron chi connectivity index (χ0n) is 14.1. The lowest BCUT2D eigenvalue weighted by molar-refractivity contribution is -0.138. The van der Waals surface area contributed by atoms with Gasteiger partial charge in [0.1, 0.15) is 0 Å². The maximum atomic E-state index is 12.9. The first-order chi connectivity index (χ1) is 12.7. The highest BCUT2D eigenvalue weighted by Crippen LogP contribution is 2.32. The van der Waals surface area contributed by atoms with Crippen LogP contribution in [0.25, 0.3) is 0 Å². The summed E-state index contributed by atoms with van der Waals surface area (Å²) in [7, 11) is 0. The molecule has 0 aliphatic carbocycles. The first-order valence-corrected chi connectivity index (χ1v) is 7.67. The highest BCUT2D eigenvalue weighted by molar-refractivity contribution is 5.96. The maximum Gasteiger partial charge on any atom is 0.417 e. The number of anilines is 2. The minimum atomic E-state index is -4.71. The van der Waals surface area contributed by atoms with E-state index in [-0.39, 0.29) is 5.91 Å². The van der Waals surface area contributed by atoms with Gasteiger partial charge in [-0.05, 0) is 36.4 Å². The molecule has 2 N–H and O–H groups in total. The van der Waals surface area contributed by atoms with Gasteiger partial charge in [-0.3, -0.25) is 9.59 Å². The molecular weight excluding hydrogens is 365 g/mol. The van der Waals surface area contributed by atoms with E-state index in [0.717, 1.165) is 18.2 Å². The summed E-state index contributed by atoms with van der Waals surface area (Å²) in [6, 6.07) is 10.2. The smallest absolute Gasteiger partial charge is 0.417 e. The second kappa shape index (κ2) is 8.35. The number of ether oxygens (including phenoxy) is 1. The van der Waals surface area contributed by atoms with E-state index < -0.39 is 35.8 Å². The fraction of sp³-hybridized carbons (Fsp3) is 0.167. The van der Waals surface area contributed by atoms with Crippen LogP contribution in [0.1, 0.15) is 22.8 Å². The van der Waals surface area contributed by atoms with E-state index >= 15 is 0 Å². The van der Waals surface area contributed by atoms with Crippen LogP contribution in [0.3, 0.4) is 0 Å². The van der Waals surface area contributed by atoms with Gasteiger partial charge in [0.2, 0.25) is 5.91 Å². The second-order valence-corrected chi connectivity index (χ2v) is 5.43. The quantitative estimate of drug-likeness (QED) is 0.778. The van der Waals surface area contributed by atoms with Crippen LogP contribution in [0.4, 0.5) is 24.5 Å². The normalized spacial score (nSPS) is 10.8. The summed E-state index contributed by atoms with van der Waals surface area (Å²) in [5, 5.41) is 4.97. The summed E-state index contributed by atoms with van der Waals surface area (Å²) < 4.78 is 43.3. The van der Waals surface area contributed by atoms with Crippen LogP contribution in [0.15, 0.2) is 48.5 Å². The molecule has 0 aliphatic heterocycles. The molecule has 0 spiro atoms. The largest absolute Gasteiger partial charge is 0.452 e. The molecule has 0 radical (unpaired) electrons. The Bertz CT molecular complexity index is 848. The van der Waals surface area contributed by atoms with Crippen LogP contribution >= 0.6 is 0 Å². The van der Waals surface area contributed by atoms with Gasteiger partial charge in [0.15, 0.2) is 6.61 Å². The van der Waals surface area contributed by atoms with Gasteiger partial charge in [-0.2, -0.15) is 13.2 Å². The van der Waals surface area contributed by atoms with Crippen molar-refractivity contribution in [2.75, 3.05) is 17.2 Å². The molecule has 6 nitrogen and oxygen atoms in total. The Morgan fingerprint density at radius 2 is 1.48 bits per heavy atom. The van der Waals surface area contributed by atoms with Gasteiger partial charge >= 0.3 is 12.1 Å². The fourth-order valence-electron chi connectivity index (χ4n) is 2.15. The average Bonchev–Trinajstić information content (AvgIpc) is 2.60. The molecule has 0 aromatic heterocycles. The summed E-state index contributed by atoms with van der Waals surface area (Å²) in [6.07, 6.45) is -4.71. The van der Waals surface area contributed by atoms with Gasteiger partial charge in [0.25, 0.3) is 5.91 Å². The maximum absolute atomic E-state index is 12.9. The van der Waals surface area contributed by atoms with Crippen LogP contribution in [0, 0.1) is 0 Å². The molecule has 2 amide bonds. The molecule has 142 valence electrons. The van der Waals surface area contributed by atoms with E-state index in [1.165, 1.54) is 25.1 Å². The van der Waals surface area contributed by atoms with Gasteiger partial charge in [-0.1, -0.05) is 12.1 Å². The predicted molar refractivity (Wildman–Crippen MR) is 91.1 cm³/mol. The minimum Gasteiger partial charge on any atom is -0.452 e. The van der Waals surface area contributed by atoms with E-state index in [9.17, 15) is 27.6 Å². The van der Waals surface area contributed by atoms with Gasteiger partial charge in [-0.25, -0.2) is 4.79 Å². The minimum absolute atomic E-state index is 0.252. The molecule has 2 aromatic rings. The number of benzene rings is 2. The Hall–Kier alpha value is -3.36. The number of esters is 1. The molecule has 9 heteroatoms. The van der Waals surface area contributed by atoms with Crippen LogP contribution in [0.2, 0.25) is 0 Å². The molecule has 0 bridgehead atoms. The number of hydrogen-bond acceptors (Lipinski definition) is 4. The second-order valence-electron chi connectivity index (χ2n) is 5.43. The molecule has 0 saturated carbocycles. The molecule has 27 heavy (non-hydrogen) atoms. The van der Waals surface area contributed by atoms with Gasteiger partial charge in [-0.15, -0.1) is 0 Å². The van der Waals surface area contributed by atoms with E-state index in [0.29, 0.717) is 11.4 Å². The number of halogens is 3. The summed E-state index contributed by atoms with van der Waals surface area (Å²) in [5.74, 6) is -2.22. The lowest BCUT2D eigenvalue weighted by atomic mass is 10.1. The van der Waals surface area contributed by atoms with Crippen LogP contribution in [0.5, 0.6) is 0 Å². The monoisotopic (exact) mass is 380 g/mol. The predicted octanol–water partition coefficient (Wildman–Crippen LogP) is 3.46. The highest BCUT2D eigenvalue weighted by Gasteiger charge is 2.35. The van der Waals surface area contributed by atoms with Crippen molar-refractivity contribution in [2.45, 2.75) is 13.1 Å². The zero-order chi connectivity index (χ0) is 20.0. The Kier molecular flexibility index (Phi) is 6.17. The third-order valence-corrected chi connectivity index (χ3v) is 3.28. The van der Waals surface area contributed by atoms with Crippen molar-refractivity contribution < 1.29 is 32.3 Å².